The molecule has 6 heteroatoms. The van der Waals surface area contributed by atoms with Crippen molar-refractivity contribution in [1.29, 1.82) is 0 Å². The summed E-state index contributed by atoms with van der Waals surface area (Å²) in [5.41, 5.74) is 0.591. The first kappa shape index (κ1) is 12.8. The predicted molar refractivity (Wildman–Crippen MR) is 70.9 cm³/mol. The fourth-order valence-corrected chi connectivity index (χ4v) is 1.61. The summed E-state index contributed by atoms with van der Waals surface area (Å²) in [5, 5.41) is 11.7. The lowest BCUT2D eigenvalue weighted by Gasteiger charge is -2.07. The number of anilines is 2. The number of hydrogen-bond donors (Lipinski definition) is 2. The third-order valence-corrected chi connectivity index (χ3v) is 2.65. The average molecular weight is 259 g/mol. The Kier molecular flexibility index (Phi) is 3.61. The monoisotopic (exact) mass is 259 g/mol. The number of aromatic nitrogens is 2. The molecular formula is C13H13N3O3. The molecule has 0 saturated carbocycles. The van der Waals surface area contributed by atoms with E-state index in [9.17, 15) is 9.59 Å². The molecule has 0 unspecified atom stereocenters. The van der Waals surface area contributed by atoms with Crippen molar-refractivity contribution >= 4 is 17.5 Å². The van der Waals surface area contributed by atoms with Crippen LogP contribution in [0.5, 0.6) is 0 Å². The fourth-order valence-electron chi connectivity index (χ4n) is 1.61. The maximum Gasteiger partial charge on any atom is 0.335 e. The molecule has 6 nitrogen and oxygen atoms in total. The molecule has 1 aromatic heterocycles. The number of carboxylic acid groups (broad SMARTS) is 1. The largest absolute Gasteiger partial charge is 0.478 e. The van der Waals surface area contributed by atoms with Crippen molar-refractivity contribution in [2.45, 2.75) is 13.5 Å². The molecule has 0 radical (unpaired) electrons. The zero-order valence-electron chi connectivity index (χ0n) is 10.3. The Morgan fingerprint density at radius 3 is 2.63 bits per heavy atom. The molecule has 0 aliphatic rings. The number of rotatable bonds is 4. The van der Waals surface area contributed by atoms with Crippen LogP contribution in [0.15, 0.2) is 41.5 Å². The average Bonchev–Trinajstić information content (AvgIpc) is 2.42. The highest BCUT2D eigenvalue weighted by Crippen LogP contribution is 2.12. The van der Waals surface area contributed by atoms with Gasteiger partial charge in [-0.2, -0.15) is 0 Å². The topological polar surface area (TPSA) is 84.2 Å². The number of carbonyl (C=O) groups is 1. The third kappa shape index (κ3) is 2.79. The number of aryl methyl sites for hydroxylation is 1. The van der Waals surface area contributed by atoms with Gasteiger partial charge >= 0.3 is 5.97 Å². The van der Waals surface area contributed by atoms with Gasteiger partial charge in [0.15, 0.2) is 5.82 Å². The Morgan fingerprint density at radius 1 is 1.37 bits per heavy atom. The van der Waals surface area contributed by atoms with E-state index in [1.165, 1.54) is 16.7 Å². The molecule has 0 spiro atoms. The van der Waals surface area contributed by atoms with Gasteiger partial charge in [-0.15, -0.1) is 0 Å². The second kappa shape index (κ2) is 5.34. The first-order chi connectivity index (χ1) is 9.11. The first-order valence-corrected chi connectivity index (χ1v) is 5.77. The molecular weight excluding hydrogens is 246 g/mol. The van der Waals surface area contributed by atoms with E-state index in [-0.39, 0.29) is 16.9 Å². The number of benzene rings is 1. The van der Waals surface area contributed by atoms with E-state index in [2.05, 4.69) is 10.3 Å². The standard InChI is InChI=1S/C13H13N3O3/c1-2-16-8-7-14-11(12(16)17)15-10-5-3-9(4-6-10)13(18)19/h3-8H,2H2,1H3,(H,14,15)(H,18,19). The molecule has 1 aromatic carbocycles. The van der Waals surface area contributed by atoms with Gasteiger partial charge in [0, 0.05) is 24.6 Å². The van der Waals surface area contributed by atoms with Gasteiger partial charge in [0.25, 0.3) is 5.56 Å². The molecule has 0 aliphatic heterocycles. The van der Waals surface area contributed by atoms with Crippen LogP contribution in [-0.2, 0) is 6.54 Å². The Morgan fingerprint density at radius 2 is 2.05 bits per heavy atom. The summed E-state index contributed by atoms with van der Waals surface area (Å²) in [6.45, 7) is 2.43. The van der Waals surface area contributed by atoms with Gasteiger partial charge in [0.05, 0.1) is 5.56 Å². The quantitative estimate of drug-likeness (QED) is 0.873. The molecule has 0 atom stereocenters. The van der Waals surface area contributed by atoms with Crippen LogP contribution in [0.4, 0.5) is 11.5 Å². The van der Waals surface area contributed by atoms with E-state index in [0.717, 1.165) is 0 Å². The lowest BCUT2D eigenvalue weighted by atomic mass is 10.2. The van der Waals surface area contributed by atoms with Crippen LogP contribution in [0, 0.1) is 0 Å². The number of nitrogens with one attached hydrogen (secondary N) is 1. The van der Waals surface area contributed by atoms with Crippen molar-refractivity contribution in [2.75, 3.05) is 5.32 Å². The number of aromatic carboxylic acids is 1. The van der Waals surface area contributed by atoms with Gasteiger partial charge in [-0.1, -0.05) is 0 Å². The molecule has 98 valence electrons. The normalized spacial score (nSPS) is 10.2. The van der Waals surface area contributed by atoms with Crippen LogP contribution >= 0.6 is 0 Å². The number of carboxylic acids is 1. The third-order valence-electron chi connectivity index (χ3n) is 2.65. The van der Waals surface area contributed by atoms with Crippen molar-refractivity contribution in [3.8, 4) is 0 Å². The van der Waals surface area contributed by atoms with E-state index in [1.54, 1.807) is 24.5 Å². The van der Waals surface area contributed by atoms with E-state index in [1.807, 2.05) is 6.92 Å². The highest BCUT2D eigenvalue weighted by atomic mass is 16.4. The second-order valence-corrected chi connectivity index (χ2v) is 3.87. The molecule has 0 aliphatic carbocycles. The SMILES string of the molecule is CCn1ccnc(Nc2ccc(C(=O)O)cc2)c1=O. The molecule has 19 heavy (non-hydrogen) atoms. The minimum Gasteiger partial charge on any atom is -0.478 e. The molecule has 2 rings (SSSR count). The predicted octanol–water partition coefficient (Wildman–Crippen LogP) is 1.70. The number of nitrogens with zero attached hydrogens (tertiary/aromatic N) is 2. The van der Waals surface area contributed by atoms with Crippen LogP contribution in [0.3, 0.4) is 0 Å². The van der Waals surface area contributed by atoms with Crippen molar-refractivity contribution in [3.05, 3.63) is 52.6 Å². The molecule has 0 fully saturated rings. The summed E-state index contributed by atoms with van der Waals surface area (Å²) in [6, 6.07) is 6.11. The van der Waals surface area contributed by atoms with E-state index in [4.69, 9.17) is 5.11 Å². The van der Waals surface area contributed by atoms with Crippen molar-refractivity contribution < 1.29 is 9.90 Å². The fraction of sp³-hybridized carbons (Fsp3) is 0.154. The van der Waals surface area contributed by atoms with Crippen LogP contribution in [-0.4, -0.2) is 20.6 Å². The molecule has 2 aromatic rings. The van der Waals surface area contributed by atoms with Crippen molar-refractivity contribution in [2.24, 2.45) is 0 Å². The molecule has 0 saturated heterocycles. The minimum atomic E-state index is -0.988. The first-order valence-electron chi connectivity index (χ1n) is 5.77. The highest BCUT2D eigenvalue weighted by Gasteiger charge is 2.05. The highest BCUT2D eigenvalue weighted by molar-refractivity contribution is 5.88. The van der Waals surface area contributed by atoms with Crippen LogP contribution in [0.25, 0.3) is 0 Å². The lowest BCUT2D eigenvalue weighted by Crippen LogP contribution is -2.22. The Bertz CT molecular complexity index is 647. The van der Waals surface area contributed by atoms with E-state index >= 15 is 0 Å². The molecule has 0 amide bonds. The zero-order valence-corrected chi connectivity index (χ0v) is 10.3. The Hall–Kier alpha value is -2.63. The van der Waals surface area contributed by atoms with Crippen LogP contribution < -0.4 is 10.9 Å². The minimum absolute atomic E-state index is 0.192. The smallest absolute Gasteiger partial charge is 0.335 e. The zero-order chi connectivity index (χ0) is 13.8. The Balaban J connectivity index is 2.26. The van der Waals surface area contributed by atoms with Gasteiger partial charge in [-0.3, -0.25) is 4.79 Å². The number of hydrogen-bond acceptors (Lipinski definition) is 4. The summed E-state index contributed by atoms with van der Waals surface area (Å²) in [4.78, 5) is 26.6. The van der Waals surface area contributed by atoms with E-state index in [0.29, 0.717) is 12.2 Å². The summed E-state index contributed by atoms with van der Waals surface area (Å²) >= 11 is 0. The summed E-state index contributed by atoms with van der Waals surface area (Å²) < 4.78 is 1.53. The van der Waals surface area contributed by atoms with Gasteiger partial charge in [0.2, 0.25) is 0 Å². The maximum atomic E-state index is 11.9. The van der Waals surface area contributed by atoms with Crippen molar-refractivity contribution in [3.63, 3.8) is 0 Å². The summed E-state index contributed by atoms with van der Waals surface area (Å²) in [6.07, 6.45) is 3.15. The van der Waals surface area contributed by atoms with Crippen molar-refractivity contribution in [1.82, 2.24) is 9.55 Å². The van der Waals surface area contributed by atoms with Crippen LogP contribution in [0.1, 0.15) is 17.3 Å². The Labute approximate surface area is 109 Å². The lowest BCUT2D eigenvalue weighted by molar-refractivity contribution is 0.0697. The second-order valence-electron chi connectivity index (χ2n) is 3.87. The molecule has 2 N–H and O–H groups in total. The maximum absolute atomic E-state index is 11.9. The van der Waals surface area contributed by atoms with Gasteiger partial charge in [-0.25, -0.2) is 9.78 Å². The van der Waals surface area contributed by atoms with Gasteiger partial charge in [-0.05, 0) is 31.2 Å². The van der Waals surface area contributed by atoms with Gasteiger partial charge < -0.3 is 15.0 Å². The van der Waals surface area contributed by atoms with E-state index < -0.39 is 5.97 Å². The van der Waals surface area contributed by atoms with Crippen LogP contribution in [0.2, 0.25) is 0 Å². The summed E-state index contributed by atoms with van der Waals surface area (Å²) in [5.74, 6) is -0.773. The molecule has 0 bridgehead atoms. The van der Waals surface area contributed by atoms with Gasteiger partial charge in [0.1, 0.15) is 0 Å². The summed E-state index contributed by atoms with van der Waals surface area (Å²) in [7, 11) is 0. The molecule has 1 heterocycles.